The van der Waals surface area contributed by atoms with E-state index < -0.39 is 0 Å². The van der Waals surface area contributed by atoms with Crippen molar-refractivity contribution in [3.8, 4) is 0 Å². The maximum atomic E-state index is 5.88. The van der Waals surface area contributed by atoms with E-state index in [4.69, 9.17) is 5.73 Å². The molecule has 0 saturated carbocycles. The topological polar surface area (TPSA) is 42.1 Å². The number of hydrogen-bond donors (Lipinski definition) is 1. The molecule has 2 N–H and O–H groups in total. The second kappa shape index (κ2) is 6.61. The van der Waals surface area contributed by atoms with E-state index in [9.17, 15) is 0 Å². The molecular formula is C13H23N3. The van der Waals surface area contributed by atoms with E-state index in [0.717, 1.165) is 6.54 Å². The Kier molecular flexibility index (Phi) is 5.43. The summed E-state index contributed by atoms with van der Waals surface area (Å²) in [4.78, 5) is 6.52. The molecule has 0 saturated heterocycles. The zero-order valence-electron chi connectivity index (χ0n) is 10.6. The first-order valence-electron chi connectivity index (χ1n) is 6.01. The number of pyridine rings is 1. The van der Waals surface area contributed by atoms with Gasteiger partial charge in [-0.15, -0.1) is 0 Å². The predicted octanol–water partition coefficient (Wildman–Crippen LogP) is 2.12. The fraction of sp³-hybridized carbons (Fsp3) is 0.615. The first-order valence-corrected chi connectivity index (χ1v) is 6.01. The molecule has 90 valence electrons. The summed E-state index contributed by atoms with van der Waals surface area (Å²) in [7, 11) is 2.14. The van der Waals surface area contributed by atoms with E-state index in [2.05, 4.69) is 30.8 Å². The molecule has 1 rings (SSSR count). The average Bonchev–Trinajstić information content (AvgIpc) is 2.30. The summed E-state index contributed by atoms with van der Waals surface area (Å²) in [5.41, 5.74) is 8.40. The van der Waals surface area contributed by atoms with Crippen LogP contribution in [0, 0.1) is 6.92 Å². The van der Waals surface area contributed by atoms with Crippen molar-refractivity contribution >= 4 is 0 Å². The second-order valence-corrected chi connectivity index (χ2v) is 4.32. The molecule has 3 nitrogen and oxygen atoms in total. The fourth-order valence-electron chi connectivity index (χ4n) is 1.93. The standard InChI is InChI=1S/C13H23N3/c1-4-5-8-16(3)13(9-14)12-10-15-7-6-11(12)2/h6-7,10,13H,4-5,8-9,14H2,1-3H3. The lowest BCUT2D eigenvalue weighted by atomic mass is 10.0. The van der Waals surface area contributed by atoms with E-state index >= 15 is 0 Å². The molecule has 1 unspecified atom stereocenters. The van der Waals surface area contributed by atoms with Gasteiger partial charge in [-0.3, -0.25) is 9.88 Å². The Morgan fingerprint density at radius 1 is 1.50 bits per heavy atom. The minimum atomic E-state index is 0.292. The van der Waals surface area contributed by atoms with Crippen LogP contribution in [0.4, 0.5) is 0 Å². The Hall–Kier alpha value is -0.930. The number of rotatable bonds is 6. The van der Waals surface area contributed by atoms with Crippen LogP contribution in [0.3, 0.4) is 0 Å². The van der Waals surface area contributed by atoms with Crippen molar-refractivity contribution in [2.75, 3.05) is 20.1 Å². The SMILES string of the molecule is CCCCN(C)C(CN)c1cnccc1C. The van der Waals surface area contributed by atoms with Crippen LogP contribution >= 0.6 is 0 Å². The van der Waals surface area contributed by atoms with Gasteiger partial charge < -0.3 is 5.73 Å². The molecule has 0 aromatic carbocycles. The summed E-state index contributed by atoms with van der Waals surface area (Å²) in [6.07, 6.45) is 6.20. The first kappa shape index (κ1) is 13.1. The summed E-state index contributed by atoms with van der Waals surface area (Å²) >= 11 is 0. The third-order valence-electron chi connectivity index (χ3n) is 3.06. The molecule has 3 heteroatoms. The fourth-order valence-corrected chi connectivity index (χ4v) is 1.93. The molecule has 1 aromatic heterocycles. The number of aryl methyl sites for hydroxylation is 1. The van der Waals surface area contributed by atoms with Crippen molar-refractivity contribution in [2.45, 2.75) is 32.7 Å². The molecule has 0 aliphatic rings. The van der Waals surface area contributed by atoms with Gasteiger partial charge >= 0.3 is 0 Å². The normalized spacial score (nSPS) is 13.1. The van der Waals surface area contributed by atoms with Gasteiger partial charge in [0.25, 0.3) is 0 Å². The molecule has 0 spiro atoms. The summed E-state index contributed by atoms with van der Waals surface area (Å²) < 4.78 is 0. The van der Waals surface area contributed by atoms with Crippen LogP contribution in [0.5, 0.6) is 0 Å². The first-order chi connectivity index (χ1) is 7.70. The molecular weight excluding hydrogens is 198 g/mol. The third kappa shape index (κ3) is 3.29. The highest BCUT2D eigenvalue weighted by Gasteiger charge is 2.16. The van der Waals surface area contributed by atoms with E-state index in [-0.39, 0.29) is 0 Å². The van der Waals surface area contributed by atoms with Crippen LogP contribution in [0.15, 0.2) is 18.5 Å². The largest absolute Gasteiger partial charge is 0.329 e. The van der Waals surface area contributed by atoms with Gasteiger partial charge in [0, 0.05) is 25.0 Å². The number of nitrogens with two attached hydrogens (primary N) is 1. The Labute approximate surface area is 98.7 Å². The molecule has 1 aromatic rings. The maximum Gasteiger partial charge on any atom is 0.0485 e. The molecule has 16 heavy (non-hydrogen) atoms. The van der Waals surface area contributed by atoms with Crippen LogP contribution in [-0.2, 0) is 0 Å². The van der Waals surface area contributed by atoms with Gasteiger partial charge in [0.2, 0.25) is 0 Å². The summed E-state index contributed by atoms with van der Waals surface area (Å²) in [5, 5.41) is 0. The maximum absolute atomic E-state index is 5.88. The monoisotopic (exact) mass is 221 g/mol. The van der Waals surface area contributed by atoms with Crippen molar-refractivity contribution in [2.24, 2.45) is 5.73 Å². The Balaban J connectivity index is 2.77. The van der Waals surface area contributed by atoms with Crippen LogP contribution in [0.25, 0.3) is 0 Å². The zero-order valence-corrected chi connectivity index (χ0v) is 10.6. The average molecular weight is 221 g/mol. The molecule has 1 heterocycles. The lowest BCUT2D eigenvalue weighted by Gasteiger charge is -2.28. The van der Waals surface area contributed by atoms with Gasteiger partial charge in [-0.05, 0) is 44.1 Å². The lowest BCUT2D eigenvalue weighted by Crippen LogP contribution is -2.31. The van der Waals surface area contributed by atoms with E-state index in [1.54, 1.807) is 0 Å². The van der Waals surface area contributed by atoms with Crippen LogP contribution < -0.4 is 5.73 Å². The van der Waals surface area contributed by atoms with Gasteiger partial charge in [0.15, 0.2) is 0 Å². The summed E-state index contributed by atoms with van der Waals surface area (Å²) in [5.74, 6) is 0. The highest BCUT2D eigenvalue weighted by atomic mass is 15.1. The van der Waals surface area contributed by atoms with Crippen molar-refractivity contribution in [3.63, 3.8) is 0 Å². The van der Waals surface area contributed by atoms with Crippen LogP contribution in [0.2, 0.25) is 0 Å². The van der Waals surface area contributed by atoms with Gasteiger partial charge in [-0.25, -0.2) is 0 Å². The molecule has 0 aliphatic heterocycles. The Morgan fingerprint density at radius 3 is 2.81 bits per heavy atom. The van der Waals surface area contributed by atoms with Gasteiger partial charge in [-0.1, -0.05) is 13.3 Å². The van der Waals surface area contributed by atoms with Crippen LogP contribution in [0.1, 0.15) is 36.9 Å². The van der Waals surface area contributed by atoms with Gasteiger partial charge in [-0.2, -0.15) is 0 Å². The number of unbranched alkanes of at least 4 members (excludes halogenated alkanes) is 1. The predicted molar refractivity (Wildman–Crippen MR) is 68.3 cm³/mol. The van der Waals surface area contributed by atoms with Crippen molar-refractivity contribution < 1.29 is 0 Å². The van der Waals surface area contributed by atoms with E-state index in [1.165, 1.54) is 24.0 Å². The van der Waals surface area contributed by atoms with Crippen molar-refractivity contribution in [3.05, 3.63) is 29.6 Å². The minimum Gasteiger partial charge on any atom is -0.329 e. The van der Waals surface area contributed by atoms with Crippen molar-refractivity contribution in [1.29, 1.82) is 0 Å². The molecule has 0 bridgehead atoms. The molecule has 0 fully saturated rings. The Morgan fingerprint density at radius 2 is 2.25 bits per heavy atom. The van der Waals surface area contributed by atoms with Gasteiger partial charge in [0.1, 0.15) is 0 Å². The number of hydrogen-bond acceptors (Lipinski definition) is 3. The van der Waals surface area contributed by atoms with Crippen molar-refractivity contribution in [1.82, 2.24) is 9.88 Å². The molecule has 0 amide bonds. The van der Waals surface area contributed by atoms with E-state index in [0.29, 0.717) is 12.6 Å². The highest BCUT2D eigenvalue weighted by Crippen LogP contribution is 2.20. The smallest absolute Gasteiger partial charge is 0.0485 e. The minimum absolute atomic E-state index is 0.292. The molecule has 1 atom stereocenters. The quantitative estimate of drug-likeness (QED) is 0.800. The summed E-state index contributed by atoms with van der Waals surface area (Å²) in [6.45, 7) is 6.06. The number of nitrogens with zero attached hydrogens (tertiary/aromatic N) is 2. The molecule has 0 aliphatic carbocycles. The summed E-state index contributed by atoms with van der Waals surface area (Å²) in [6, 6.07) is 2.34. The van der Waals surface area contributed by atoms with Gasteiger partial charge in [0.05, 0.1) is 0 Å². The van der Waals surface area contributed by atoms with E-state index in [1.807, 2.05) is 18.5 Å². The third-order valence-corrected chi connectivity index (χ3v) is 3.06. The number of aromatic nitrogens is 1. The second-order valence-electron chi connectivity index (χ2n) is 4.32. The Bertz CT molecular complexity index is 312. The zero-order chi connectivity index (χ0) is 12.0. The van der Waals surface area contributed by atoms with Crippen LogP contribution in [-0.4, -0.2) is 30.0 Å². The number of likely N-dealkylation sites (N-methyl/N-ethyl adjacent to an activating group) is 1. The lowest BCUT2D eigenvalue weighted by molar-refractivity contribution is 0.245. The molecule has 0 radical (unpaired) electrons. The highest BCUT2D eigenvalue weighted by molar-refractivity contribution is 5.25.